The van der Waals surface area contributed by atoms with Gasteiger partial charge < -0.3 is 10.2 Å². The molecule has 2 unspecified atom stereocenters. The van der Waals surface area contributed by atoms with Crippen LogP contribution in [0.25, 0.3) is 5.69 Å². The minimum Gasteiger partial charge on any atom is -0.336 e. The third-order valence-electron chi connectivity index (χ3n) is 4.69. The number of amides is 1. The van der Waals surface area contributed by atoms with E-state index in [2.05, 4.69) is 10.4 Å². The average Bonchev–Trinajstić information content (AvgIpc) is 3.13. The largest absolute Gasteiger partial charge is 0.336 e. The lowest BCUT2D eigenvalue weighted by molar-refractivity contribution is 0.0742. The Kier molecular flexibility index (Phi) is 5.13. The van der Waals surface area contributed by atoms with Crippen LogP contribution in [0.4, 0.5) is 0 Å². The van der Waals surface area contributed by atoms with Crippen molar-refractivity contribution in [2.24, 2.45) is 0 Å². The third kappa shape index (κ3) is 3.43. The average molecular weight is 367 g/mol. The van der Waals surface area contributed by atoms with Gasteiger partial charge in [-0.3, -0.25) is 4.79 Å². The van der Waals surface area contributed by atoms with Gasteiger partial charge in [0.2, 0.25) is 0 Å². The van der Waals surface area contributed by atoms with Gasteiger partial charge in [0.25, 0.3) is 5.91 Å². The Morgan fingerprint density at radius 2 is 2.04 bits per heavy atom. The highest BCUT2D eigenvalue weighted by molar-refractivity contribution is 6.30. The fraction of sp³-hybridized carbons (Fsp3) is 0.412. The summed E-state index contributed by atoms with van der Waals surface area (Å²) in [5.41, 5.74) is 1.34. The first kappa shape index (κ1) is 17.3. The minimum absolute atomic E-state index is 0. The molecule has 4 rings (SSSR count). The van der Waals surface area contributed by atoms with E-state index in [0.717, 1.165) is 31.6 Å². The Morgan fingerprint density at radius 3 is 2.88 bits per heavy atom. The summed E-state index contributed by atoms with van der Waals surface area (Å²) in [5.74, 6) is 0.0140. The molecule has 7 heteroatoms. The predicted octanol–water partition coefficient (Wildman–Crippen LogP) is 2.91. The molecule has 1 aromatic heterocycles. The summed E-state index contributed by atoms with van der Waals surface area (Å²) in [6, 6.07) is 10.2. The van der Waals surface area contributed by atoms with E-state index in [1.807, 2.05) is 29.2 Å². The van der Waals surface area contributed by atoms with Gasteiger partial charge in [-0.05, 0) is 43.5 Å². The molecule has 128 valence electrons. The summed E-state index contributed by atoms with van der Waals surface area (Å²) in [6.07, 6.45) is 5.22. The molecule has 0 radical (unpaired) electrons. The van der Waals surface area contributed by atoms with E-state index in [9.17, 15) is 4.79 Å². The van der Waals surface area contributed by atoms with Gasteiger partial charge in [0.15, 0.2) is 5.69 Å². The van der Waals surface area contributed by atoms with Crippen molar-refractivity contribution in [1.82, 2.24) is 20.0 Å². The lowest BCUT2D eigenvalue weighted by Crippen LogP contribution is -2.39. The molecule has 24 heavy (non-hydrogen) atoms. The number of nitrogens with zero attached hydrogens (tertiary/aromatic N) is 3. The zero-order valence-corrected chi connectivity index (χ0v) is 14.8. The van der Waals surface area contributed by atoms with Gasteiger partial charge in [0.05, 0.1) is 5.69 Å². The van der Waals surface area contributed by atoms with Crippen molar-refractivity contribution in [3.63, 3.8) is 0 Å². The first-order chi connectivity index (χ1) is 11.2. The molecular formula is C17H20Cl2N4O. The number of carbonyl (C=O) groups excluding carboxylic acids is 1. The molecule has 1 amide bonds. The Morgan fingerprint density at radius 1 is 1.21 bits per heavy atom. The molecule has 2 aliphatic rings. The molecule has 2 saturated heterocycles. The van der Waals surface area contributed by atoms with E-state index in [4.69, 9.17) is 11.6 Å². The normalized spacial score (nSPS) is 22.8. The van der Waals surface area contributed by atoms with E-state index in [1.54, 1.807) is 16.9 Å². The Balaban J connectivity index is 0.00000169. The maximum absolute atomic E-state index is 12.7. The fourth-order valence-corrected chi connectivity index (χ4v) is 3.67. The number of fused-ring (bicyclic) bond motifs is 2. The van der Waals surface area contributed by atoms with E-state index < -0.39 is 0 Å². The Bertz CT molecular complexity index is 733. The van der Waals surface area contributed by atoms with Crippen molar-refractivity contribution in [1.29, 1.82) is 0 Å². The van der Waals surface area contributed by atoms with Gasteiger partial charge in [-0.25, -0.2) is 4.68 Å². The van der Waals surface area contributed by atoms with Crippen molar-refractivity contribution in [2.45, 2.75) is 31.3 Å². The van der Waals surface area contributed by atoms with Crippen molar-refractivity contribution >= 4 is 29.9 Å². The highest BCUT2D eigenvalue weighted by atomic mass is 35.5. The van der Waals surface area contributed by atoms with Crippen LogP contribution in [0.3, 0.4) is 0 Å². The van der Waals surface area contributed by atoms with Gasteiger partial charge in [-0.15, -0.1) is 12.4 Å². The van der Waals surface area contributed by atoms with Crippen LogP contribution in [-0.2, 0) is 0 Å². The summed E-state index contributed by atoms with van der Waals surface area (Å²) in [4.78, 5) is 14.7. The molecule has 0 aliphatic carbocycles. The molecule has 1 aromatic carbocycles. The number of likely N-dealkylation sites (tertiary alicyclic amines) is 1. The molecule has 2 aromatic rings. The Hall–Kier alpha value is -1.56. The number of aromatic nitrogens is 2. The Labute approximate surface area is 152 Å². The molecule has 0 saturated carbocycles. The van der Waals surface area contributed by atoms with E-state index in [0.29, 0.717) is 22.8 Å². The second kappa shape index (κ2) is 7.13. The molecule has 5 nitrogen and oxygen atoms in total. The second-order valence-electron chi connectivity index (χ2n) is 6.30. The number of hydrogen-bond acceptors (Lipinski definition) is 3. The zero-order valence-electron chi connectivity index (χ0n) is 13.2. The van der Waals surface area contributed by atoms with Gasteiger partial charge in [-0.2, -0.15) is 5.10 Å². The predicted molar refractivity (Wildman–Crippen MR) is 96.3 cm³/mol. The van der Waals surface area contributed by atoms with Crippen LogP contribution >= 0.6 is 24.0 Å². The zero-order chi connectivity index (χ0) is 15.8. The molecule has 3 heterocycles. The maximum Gasteiger partial charge on any atom is 0.274 e. The molecule has 2 aliphatic heterocycles. The lowest BCUT2D eigenvalue weighted by Gasteiger charge is -2.23. The molecular weight excluding hydrogens is 347 g/mol. The highest BCUT2D eigenvalue weighted by Gasteiger charge is 2.32. The molecule has 2 fully saturated rings. The summed E-state index contributed by atoms with van der Waals surface area (Å²) >= 11 is 6.02. The van der Waals surface area contributed by atoms with Gasteiger partial charge in [0, 0.05) is 36.4 Å². The van der Waals surface area contributed by atoms with Crippen LogP contribution in [0.1, 0.15) is 29.8 Å². The van der Waals surface area contributed by atoms with Crippen molar-refractivity contribution < 1.29 is 4.79 Å². The van der Waals surface area contributed by atoms with Crippen LogP contribution < -0.4 is 5.32 Å². The van der Waals surface area contributed by atoms with E-state index in [-0.39, 0.29) is 18.3 Å². The summed E-state index contributed by atoms with van der Waals surface area (Å²) in [5, 5.41) is 8.68. The van der Waals surface area contributed by atoms with Crippen molar-refractivity contribution in [3.05, 3.63) is 47.2 Å². The van der Waals surface area contributed by atoms with Crippen LogP contribution in [0.15, 0.2) is 36.5 Å². The fourth-order valence-electron chi connectivity index (χ4n) is 3.49. The summed E-state index contributed by atoms with van der Waals surface area (Å²) in [6.45, 7) is 1.58. The van der Waals surface area contributed by atoms with E-state index >= 15 is 0 Å². The smallest absolute Gasteiger partial charge is 0.274 e. The first-order valence-electron chi connectivity index (χ1n) is 8.06. The van der Waals surface area contributed by atoms with Gasteiger partial charge >= 0.3 is 0 Å². The number of rotatable bonds is 2. The standard InChI is InChI=1S/C17H19ClN4O.ClH/c18-12-2-1-3-15(10-12)22-9-7-16(20-22)17(23)21-8-6-13-4-5-14(11-21)19-13;/h1-3,7,9-10,13-14,19H,4-6,8,11H2;1H. The van der Waals surface area contributed by atoms with Gasteiger partial charge in [-0.1, -0.05) is 17.7 Å². The summed E-state index contributed by atoms with van der Waals surface area (Å²) < 4.78 is 1.70. The first-order valence-corrected chi connectivity index (χ1v) is 8.44. The van der Waals surface area contributed by atoms with Crippen LogP contribution in [0.5, 0.6) is 0 Å². The van der Waals surface area contributed by atoms with E-state index in [1.165, 1.54) is 6.42 Å². The minimum atomic E-state index is 0. The summed E-state index contributed by atoms with van der Waals surface area (Å²) in [7, 11) is 0. The third-order valence-corrected chi connectivity index (χ3v) is 4.93. The second-order valence-corrected chi connectivity index (χ2v) is 6.74. The van der Waals surface area contributed by atoms with Crippen molar-refractivity contribution in [3.8, 4) is 5.69 Å². The SMILES string of the molecule is Cl.O=C(c1ccn(-c2cccc(Cl)c2)n1)N1CCC2CCC(C1)N2. The number of nitrogens with one attached hydrogen (secondary N) is 1. The number of carbonyl (C=O) groups is 1. The quantitative estimate of drug-likeness (QED) is 0.888. The van der Waals surface area contributed by atoms with Crippen molar-refractivity contribution in [2.75, 3.05) is 13.1 Å². The number of halogens is 2. The number of hydrogen-bond donors (Lipinski definition) is 1. The number of benzene rings is 1. The topological polar surface area (TPSA) is 50.2 Å². The molecule has 1 N–H and O–H groups in total. The molecule has 2 bridgehead atoms. The van der Waals surface area contributed by atoms with Gasteiger partial charge in [0.1, 0.15) is 0 Å². The van der Waals surface area contributed by atoms with Crippen LogP contribution in [0, 0.1) is 0 Å². The molecule has 0 spiro atoms. The van der Waals surface area contributed by atoms with Crippen LogP contribution in [0.2, 0.25) is 5.02 Å². The highest BCUT2D eigenvalue weighted by Crippen LogP contribution is 2.21. The van der Waals surface area contributed by atoms with Crippen LogP contribution in [-0.4, -0.2) is 45.8 Å². The monoisotopic (exact) mass is 366 g/mol. The lowest BCUT2D eigenvalue weighted by atomic mass is 10.1. The maximum atomic E-state index is 12.7. The molecule has 2 atom stereocenters.